The molecule has 0 bridgehead atoms. The lowest BCUT2D eigenvalue weighted by Gasteiger charge is -2.02. The topological polar surface area (TPSA) is 79.5 Å². The normalized spacial score (nSPS) is 9.36. The number of carbonyl (C=O) groups is 1. The standard InChI is InChI=1S/C9H13NO4/c1-8(5-10)6-13-3-2-4-14-7-9(11)12/h1-4,6-7H2,(H,11,12). The number of aliphatic carboxylic acids is 1. The van der Waals surface area contributed by atoms with Crippen molar-refractivity contribution >= 4 is 5.97 Å². The van der Waals surface area contributed by atoms with Crippen LogP contribution in [-0.4, -0.2) is 37.5 Å². The summed E-state index contributed by atoms with van der Waals surface area (Å²) in [6, 6.07) is 1.85. The molecule has 0 heterocycles. The molecule has 1 N–H and O–H groups in total. The average Bonchev–Trinajstić information content (AvgIpc) is 2.15. The highest BCUT2D eigenvalue weighted by molar-refractivity contribution is 5.67. The predicted octanol–water partition coefficient (Wildman–Crippen LogP) is 0.574. The SMILES string of the molecule is C=C(C#N)COCCCOCC(=O)O. The maximum absolute atomic E-state index is 10.0. The molecule has 78 valence electrons. The summed E-state index contributed by atoms with van der Waals surface area (Å²) in [7, 11) is 0. The van der Waals surface area contributed by atoms with Crippen LogP contribution in [0.25, 0.3) is 0 Å². The van der Waals surface area contributed by atoms with Crippen LogP contribution in [0.2, 0.25) is 0 Å². The van der Waals surface area contributed by atoms with E-state index in [1.165, 1.54) is 0 Å². The molecule has 0 atom stereocenters. The number of carboxylic acids is 1. The van der Waals surface area contributed by atoms with Gasteiger partial charge in [0.15, 0.2) is 0 Å². The van der Waals surface area contributed by atoms with Crippen LogP contribution in [0.15, 0.2) is 12.2 Å². The number of nitrogens with zero attached hydrogens (tertiary/aromatic N) is 1. The number of ether oxygens (including phenoxy) is 2. The lowest BCUT2D eigenvalue weighted by Crippen LogP contribution is -2.09. The second-order valence-electron chi connectivity index (χ2n) is 2.57. The zero-order valence-corrected chi connectivity index (χ0v) is 7.86. The Morgan fingerprint density at radius 3 is 2.43 bits per heavy atom. The minimum atomic E-state index is -0.983. The molecule has 0 amide bonds. The molecule has 0 aromatic heterocycles. The van der Waals surface area contributed by atoms with Gasteiger partial charge in [0, 0.05) is 18.8 Å². The van der Waals surface area contributed by atoms with E-state index in [-0.39, 0.29) is 13.2 Å². The van der Waals surface area contributed by atoms with Crippen molar-refractivity contribution < 1.29 is 19.4 Å². The van der Waals surface area contributed by atoms with Gasteiger partial charge in [0.25, 0.3) is 0 Å². The van der Waals surface area contributed by atoms with Crippen molar-refractivity contribution in [2.24, 2.45) is 0 Å². The highest BCUT2D eigenvalue weighted by Crippen LogP contribution is 1.90. The molecule has 14 heavy (non-hydrogen) atoms. The molecule has 0 aliphatic heterocycles. The third-order valence-electron chi connectivity index (χ3n) is 1.24. The molecule has 0 radical (unpaired) electrons. The quantitative estimate of drug-likeness (QED) is 0.456. The minimum Gasteiger partial charge on any atom is -0.480 e. The first-order valence-corrected chi connectivity index (χ1v) is 4.12. The molecule has 0 aliphatic carbocycles. The molecule has 5 nitrogen and oxygen atoms in total. The molecule has 0 aliphatic rings. The second kappa shape index (κ2) is 8.23. The van der Waals surface area contributed by atoms with Gasteiger partial charge in [-0.1, -0.05) is 6.58 Å². The first-order valence-electron chi connectivity index (χ1n) is 4.12. The molecule has 0 rings (SSSR count). The van der Waals surface area contributed by atoms with Gasteiger partial charge in [-0.3, -0.25) is 0 Å². The van der Waals surface area contributed by atoms with E-state index >= 15 is 0 Å². The van der Waals surface area contributed by atoms with Crippen molar-refractivity contribution in [2.45, 2.75) is 6.42 Å². The Balaban J connectivity index is 3.11. The molecular formula is C9H13NO4. The van der Waals surface area contributed by atoms with Gasteiger partial charge < -0.3 is 14.6 Å². The van der Waals surface area contributed by atoms with Crippen molar-refractivity contribution in [2.75, 3.05) is 26.4 Å². The second-order valence-corrected chi connectivity index (χ2v) is 2.57. The lowest BCUT2D eigenvalue weighted by atomic mass is 10.4. The van der Waals surface area contributed by atoms with Gasteiger partial charge in [-0.25, -0.2) is 4.79 Å². The fourth-order valence-electron chi connectivity index (χ4n) is 0.650. The Bertz CT molecular complexity index is 231. The molecule has 0 saturated heterocycles. The maximum atomic E-state index is 10.0. The fourth-order valence-corrected chi connectivity index (χ4v) is 0.650. The number of hydrogen-bond donors (Lipinski definition) is 1. The third kappa shape index (κ3) is 8.71. The van der Waals surface area contributed by atoms with Crippen molar-refractivity contribution in [3.8, 4) is 6.07 Å². The van der Waals surface area contributed by atoms with Gasteiger partial charge in [0.1, 0.15) is 6.61 Å². The Morgan fingerprint density at radius 1 is 1.36 bits per heavy atom. The van der Waals surface area contributed by atoms with E-state index in [4.69, 9.17) is 19.8 Å². The number of carboxylic acid groups (broad SMARTS) is 1. The van der Waals surface area contributed by atoms with Crippen molar-refractivity contribution in [3.05, 3.63) is 12.2 Å². The van der Waals surface area contributed by atoms with Crippen LogP contribution in [-0.2, 0) is 14.3 Å². The Morgan fingerprint density at radius 2 is 1.93 bits per heavy atom. The molecule has 0 aromatic rings. The van der Waals surface area contributed by atoms with Gasteiger partial charge in [-0.05, 0) is 6.42 Å². The zero-order chi connectivity index (χ0) is 10.8. The summed E-state index contributed by atoms with van der Waals surface area (Å²) >= 11 is 0. The van der Waals surface area contributed by atoms with Gasteiger partial charge in [-0.15, -0.1) is 0 Å². The highest BCUT2D eigenvalue weighted by atomic mass is 16.5. The number of hydrogen-bond acceptors (Lipinski definition) is 4. The lowest BCUT2D eigenvalue weighted by molar-refractivity contribution is -0.142. The van der Waals surface area contributed by atoms with E-state index in [9.17, 15) is 4.79 Å². The van der Waals surface area contributed by atoms with Crippen LogP contribution in [0.3, 0.4) is 0 Å². The summed E-state index contributed by atoms with van der Waals surface area (Å²) in [4.78, 5) is 10.0. The Hall–Kier alpha value is -1.38. The van der Waals surface area contributed by atoms with E-state index < -0.39 is 5.97 Å². The monoisotopic (exact) mass is 199 g/mol. The molecule has 0 unspecified atom stereocenters. The first-order chi connectivity index (χ1) is 6.66. The van der Waals surface area contributed by atoms with Gasteiger partial charge in [0.05, 0.1) is 12.7 Å². The minimum absolute atomic E-state index is 0.218. The molecular weight excluding hydrogens is 186 g/mol. The van der Waals surface area contributed by atoms with Crippen LogP contribution in [0.4, 0.5) is 0 Å². The molecule has 5 heteroatoms. The van der Waals surface area contributed by atoms with Crippen LogP contribution in [0.1, 0.15) is 6.42 Å². The zero-order valence-electron chi connectivity index (χ0n) is 7.86. The smallest absolute Gasteiger partial charge is 0.329 e. The van der Waals surface area contributed by atoms with Gasteiger partial charge >= 0.3 is 5.97 Å². The number of rotatable bonds is 8. The van der Waals surface area contributed by atoms with Gasteiger partial charge in [0.2, 0.25) is 0 Å². The highest BCUT2D eigenvalue weighted by Gasteiger charge is 1.96. The largest absolute Gasteiger partial charge is 0.480 e. The average molecular weight is 199 g/mol. The summed E-state index contributed by atoms with van der Waals surface area (Å²) in [5.41, 5.74) is 0.372. The fraction of sp³-hybridized carbons (Fsp3) is 0.556. The maximum Gasteiger partial charge on any atom is 0.329 e. The summed E-state index contributed by atoms with van der Waals surface area (Å²) < 4.78 is 9.81. The van der Waals surface area contributed by atoms with E-state index in [2.05, 4.69) is 6.58 Å². The van der Waals surface area contributed by atoms with Crippen LogP contribution < -0.4 is 0 Å². The summed E-state index contributed by atoms with van der Waals surface area (Å²) in [5.74, 6) is -0.983. The summed E-state index contributed by atoms with van der Waals surface area (Å²) in [5, 5.41) is 16.5. The Kier molecular flexibility index (Phi) is 7.42. The van der Waals surface area contributed by atoms with Gasteiger partial charge in [-0.2, -0.15) is 5.26 Å². The Labute approximate surface area is 82.5 Å². The summed E-state index contributed by atoms with van der Waals surface area (Å²) in [6.07, 6.45) is 0.603. The van der Waals surface area contributed by atoms with E-state index in [1.54, 1.807) is 0 Å². The molecule has 0 spiro atoms. The molecule has 0 fully saturated rings. The molecule has 0 aromatic carbocycles. The van der Waals surface area contributed by atoms with Crippen LogP contribution in [0, 0.1) is 11.3 Å². The number of nitriles is 1. The summed E-state index contributed by atoms with van der Waals surface area (Å²) in [6.45, 7) is 4.14. The third-order valence-corrected chi connectivity index (χ3v) is 1.24. The van der Waals surface area contributed by atoms with E-state index in [0.717, 1.165) is 0 Å². The molecule has 0 saturated carbocycles. The van der Waals surface area contributed by atoms with E-state index in [0.29, 0.717) is 25.2 Å². The predicted molar refractivity (Wildman–Crippen MR) is 48.6 cm³/mol. The van der Waals surface area contributed by atoms with Crippen LogP contribution in [0.5, 0.6) is 0 Å². The van der Waals surface area contributed by atoms with Crippen molar-refractivity contribution in [3.63, 3.8) is 0 Å². The van der Waals surface area contributed by atoms with E-state index in [1.807, 2.05) is 6.07 Å². The van der Waals surface area contributed by atoms with Crippen molar-refractivity contribution in [1.29, 1.82) is 5.26 Å². The first kappa shape index (κ1) is 12.6. The van der Waals surface area contributed by atoms with Crippen LogP contribution >= 0.6 is 0 Å². The van der Waals surface area contributed by atoms with Crippen molar-refractivity contribution in [1.82, 2.24) is 0 Å².